The summed E-state index contributed by atoms with van der Waals surface area (Å²) in [4.78, 5) is 25.0. The minimum absolute atomic E-state index is 0.0951. The van der Waals surface area contributed by atoms with E-state index in [2.05, 4.69) is 5.32 Å². The van der Waals surface area contributed by atoms with Crippen molar-refractivity contribution in [2.45, 2.75) is 13.8 Å². The predicted octanol–water partition coefficient (Wildman–Crippen LogP) is 0.696. The van der Waals surface area contributed by atoms with Gasteiger partial charge in [-0.2, -0.15) is 0 Å². The third kappa shape index (κ3) is 3.87. The number of likely N-dealkylation sites (N-methyl/N-ethyl adjacent to an activating group) is 1. The third-order valence-electron chi connectivity index (χ3n) is 2.75. The van der Waals surface area contributed by atoms with Crippen LogP contribution in [0.1, 0.15) is 24.2 Å². The van der Waals surface area contributed by atoms with Crippen LogP contribution in [0.2, 0.25) is 0 Å². The molecule has 19 heavy (non-hydrogen) atoms. The van der Waals surface area contributed by atoms with Gasteiger partial charge in [0.1, 0.15) is 0 Å². The average Bonchev–Trinajstić information content (AvgIpc) is 2.40. The standard InChI is InChI=1S/C13H18N2O4/c1-3-15(4-2)12(18)8-14-13(19)9-5-6-10(16)11(17)7-9/h5-7,16-17H,3-4,8H2,1-2H3,(H,14,19). The zero-order valence-electron chi connectivity index (χ0n) is 11.0. The second-order valence-electron chi connectivity index (χ2n) is 3.95. The summed E-state index contributed by atoms with van der Waals surface area (Å²) in [5.41, 5.74) is 0.183. The Morgan fingerprint density at radius 2 is 1.79 bits per heavy atom. The fourth-order valence-electron chi connectivity index (χ4n) is 1.61. The maximum Gasteiger partial charge on any atom is 0.251 e. The van der Waals surface area contributed by atoms with E-state index in [0.717, 1.165) is 6.07 Å². The van der Waals surface area contributed by atoms with Crippen molar-refractivity contribution in [3.63, 3.8) is 0 Å². The number of nitrogens with one attached hydrogen (secondary N) is 1. The Morgan fingerprint density at radius 1 is 1.16 bits per heavy atom. The summed E-state index contributed by atoms with van der Waals surface area (Å²) in [6, 6.07) is 3.73. The van der Waals surface area contributed by atoms with Gasteiger partial charge in [0.2, 0.25) is 5.91 Å². The third-order valence-corrected chi connectivity index (χ3v) is 2.75. The number of amides is 2. The van der Waals surface area contributed by atoms with Gasteiger partial charge in [-0.3, -0.25) is 9.59 Å². The Hall–Kier alpha value is -2.24. The van der Waals surface area contributed by atoms with E-state index < -0.39 is 5.91 Å². The Morgan fingerprint density at radius 3 is 2.32 bits per heavy atom. The van der Waals surface area contributed by atoms with Crippen molar-refractivity contribution in [1.82, 2.24) is 10.2 Å². The van der Waals surface area contributed by atoms with Crippen LogP contribution in [0, 0.1) is 0 Å². The Balaban J connectivity index is 2.60. The highest BCUT2D eigenvalue weighted by Gasteiger charge is 2.13. The molecule has 0 unspecified atom stereocenters. The number of phenols is 2. The highest BCUT2D eigenvalue weighted by molar-refractivity contribution is 5.97. The minimum Gasteiger partial charge on any atom is -0.504 e. The van der Waals surface area contributed by atoms with E-state index in [0.29, 0.717) is 13.1 Å². The highest BCUT2D eigenvalue weighted by Crippen LogP contribution is 2.24. The molecule has 0 saturated carbocycles. The zero-order valence-corrected chi connectivity index (χ0v) is 11.0. The topological polar surface area (TPSA) is 89.9 Å². The molecule has 2 amide bonds. The molecule has 0 aliphatic heterocycles. The van der Waals surface area contributed by atoms with Gasteiger partial charge in [0.05, 0.1) is 6.54 Å². The molecule has 0 bridgehead atoms. The quantitative estimate of drug-likeness (QED) is 0.684. The van der Waals surface area contributed by atoms with Crippen molar-refractivity contribution in [2.75, 3.05) is 19.6 Å². The second kappa shape index (κ2) is 6.63. The summed E-state index contributed by atoms with van der Waals surface area (Å²) in [5.74, 6) is -1.31. The summed E-state index contributed by atoms with van der Waals surface area (Å²) >= 11 is 0. The molecule has 6 nitrogen and oxygen atoms in total. The normalized spacial score (nSPS) is 10.0. The number of rotatable bonds is 5. The molecule has 0 atom stereocenters. The van der Waals surface area contributed by atoms with Crippen LogP contribution in [0.4, 0.5) is 0 Å². The number of nitrogens with zero attached hydrogens (tertiary/aromatic N) is 1. The molecule has 0 aliphatic carbocycles. The lowest BCUT2D eigenvalue weighted by Gasteiger charge is -2.18. The molecule has 104 valence electrons. The zero-order chi connectivity index (χ0) is 14.4. The van der Waals surface area contributed by atoms with Gasteiger partial charge in [-0.05, 0) is 32.0 Å². The Kier molecular flexibility index (Phi) is 5.17. The summed E-state index contributed by atoms with van der Waals surface area (Å²) in [7, 11) is 0. The first kappa shape index (κ1) is 14.8. The molecule has 0 aliphatic rings. The largest absolute Gasteiger partial charge is 0.504 e. The lowest BCUT2D eigenvalue weighted by molar-refractivity contribution is -0.129. The maximum atomic E-state index is 11.7. The van der Waals surface area contributed by atoms with Gasteiger partial charge in [0, 0.05) is 18.7 Å². The smallest absolute Gasteiger partial charge is 0.251 e. The summed E-state index contributed by atoms with van der Waals surface area (Å²) in [6.07, 6.45) is 0. The molecule has 0 heterocycles. The van der Waals surface area contributed by atoms with E-state index in [-0.39, 0.29) is 29.5 Å². The molecular formula is C13H18N2O4. The van der Waals surface area contributed by atoms with Gasteiger partial charge in [-0.25, -0.2) is 0 Å². The van der Waals surface area contributed by atoms with Crippen molar-refractivity contribution >= 4 is 11.8 Å². The minimum atomic E-state index is -0.476. The number of hydrogen-bond acceptors (Lipinski definition) is 4. The lowest BCUT2D eigenvalue weighted by Crippen LogP contribution is -2.39. The summed E-state index contributed by atoms with van der Waals surface area (Å²) in [6.45, 7) is 4.81. The molecule has 1 aromatic carbocycles. The van der Waals surface area contributed by atoms with Crippen LogP contribution in [-0.2, 0) is 4.79 Å². The first-order valence-electron chi connectivity index (χ1n) is 6.07. The molecule has 3 N–H and O–H groups in total. The average molecular weight is 266 g/mol. The molecule has 0 fully saturated rings. The molecular weight excluding hydrogens is 248 g/mol. The molecule has 0 aromatic heterocycles. The molecule has 6 heteroatoms. The van der Waals surface area contributed by atoms with Crippen LogP contribution < -0.4 is 5.32 Å². The van der Waals surface area contributed by atoms with Crippen LogP contribution >= 0.6 is 0 Å². The highest BCUT2D eigenvalue weighted by atomic mass is 16.3. The summed E-state index contributed by atoms with van der Waals surface area (Å²) in [5, 5.41) is 20.9. The van der Waals surface area contributed by atoms with Crippen LogP contribution in [0.3, 0.4) is 0 Å². The number of carbonyl (C=O) groups is 2. The van der Waals surface area contributed by atoms with Gasteiger partial charge < -0.3 is 20.4 Å². The fourth-order valence-corrected chi connectivity index (χ4v) is 1.61. The van der Waals surface area contributed by atoms with Gasteiger partial charge in [-0.1, -0.05) is 0 Å². The molecule has 0 radical (unpaired) electrons. The Labute approximate surface area is 111 Å². The van der Waals surface area contributed by atoms with Gasteiger partial charge in [0.15, 0.2) is 11.5 Å². The molecule has 0 spiro atoms. The number of phenolic OH excluding ortho intramolecular Hbond substituents is 2. The van der Waals surface area contributed by atoms with E-state index in [9.17, 15) is 14.7 Å². The van der Waals surface area contributed by atoms with E-state index in [1.807, 2.05) is 13.8 Å². The maximum absolute atomic E-state index is 11.7. The predicted molar refractivity (Wildman–Crippen MR) is 70.0 cm³/mol. The molecule has 1 aromatic rings. The number of hydrogen-bond donors (Lipinski definition) is 3. The van der Waals surface area contributed by atoms with E-state index >= 15 is 0 Å². The van der Waals surface area contributed by atoms with E-state index in [1.165, 1.54) is 12.1 Å². The number of benzene rings is 1. The van der Waals surface area contributed by atoms with Gasteiger partial charge in [-0.15, -0.1) is 0 Å². The number of aromatic hydroxyl groups is 2. The van der Waals surface area contributed by atoms with Crippen molar-refractivity contribution in [2.24, 2.45) is 0 Å². The van der Waals surface area contributed by atoms with Crippen LogP contribution in [0.15, 0.2) is 18.2 Å². The van der Waals surface area contributed by atoms with Crippen molar-refractivity contribution in [3.05, 3.63) is 23.8 Å². The second-order valence-corrected chi connectivity index (χ2v) is 3.95. The SMILES string of the molecule is CCN(CC)C(=O)CNC(=O)c1ccc(O)c(O)c1. The van der Waals surface area contributed by atoms with Gasteiger partial charge in [0.25, 0.3) is 5.91 Å². The van der Waals surface area contributed by atoms with E-state index in [4.69, 9.17) is 5.11 Å². The van der Waals surface area contributed by atoms with Crippen LogP contribution in [-0.4, -0.2) is 46.6 Å². The van der Waals surface area contributed by atoms with E-state index in [1.54, 1.807) is 4.90 Å². The van der Waals surface area contributed by atoms with Crippen molar-refractivity contribution in [3.8, 4) is 11.5 Å². The first-order chi connectivity index (χ1) is 8.99. The molecule has 0 saturated heterocycles. The lowest BCUT2D eigenvalue weighted by atomic mass is 10.2. The van der Waals surface area contributed by atoms with Crippen molar-refractivity contribution < 1.29 is 19.8 Å². The fraction of sp³-hybridized carbons (Fsp3) is 0.385. The monoisotopic (exact) mass is 266 g/mol. The van der Waals surface area contributed by atoms with Gasteiger partial charge >= 0.3 is 0 Å². The first-order valence-corrected chi connectivity index (χ1v) is 6.07. The number of carbonyl (C=O) groups excluding carboxylic acids is 2. The Bertz CT molecular complexity index is 470. The van der Waals surface area contributed by atoms with Crippen LogP contribution in [0.5, 0.6) is 11.5 Å². The summed E-state index contributed by atoms with van der Waals surface area (Å²) < 4.78 is 0. The van der Waals surface area contributed by atoms with Crippen molar-refractivity contribution in [1.29, 1.82) is 0 Å². The van der Waals surface area contributed by atoms with Crippen LogP contribution in [0.25, 0.3) is 0 Å². The molecule has 1 rings (SSSR count).